The third-order valence-electron chi connectivity index (χ3n) is 5.24. The van der Waals surface area contributed by atoms with Crippen molar-refractivity contribution in [2.24, 2.45) is 0 Å². The number of ether oxygens (including phenoxy) is 2. The lowest BCUT2D eigenvalue weighted by Gasteiger charge is -2.50. The summed E-state index contributed by atoms with van der Waals surface area (Å²) in [6, 6.07) is 14.6. The molecule has 0 unspecified atom stereocenters. The molecule has 2 amide bonds. The van der Waals surface area contributed by atoms with Crippen molar-refractivity contribution in [3.8, 4) is 0 Å². The molecule has 1 aliphatic heterocycles. The van der Waals surface area contributed by atoms with Crippen molar-refractivity contribution in [3.05, 3.63) is 48.0 Å². The topological polar surface area (TPSA) is 67.9 Å². The summed E-state index contributed by atoms with van der Waals surface area (Å²) in [4.78, 5) is 26.9. The largest absolute Gasteiger partial charge is 0.444 e. The van der Waals surface area contributed by atoms with Crippen LogP contribution >= 0.6 is 11.3 Å². The molecule has 0 radical (unpaired) electrons. The summed E-state index contributed by atoms with van der Waals surface area (Å²) in [6.45, 7) is 11.6. The van der Waals surface area contributed by atoms with Crippen LogP contribution in [0.5, 0.6) is 0 Å². The van der Waals surface area contributed by atoms with Crippen LogP contribution in [0, 0.1) is 0 Å². The van der Waals surface area contributed by atoms with Gasteiger partial charge in [-0.1, -0.05) is 30.3 Å². The first-order chi connectivity index (χ1) is 14.9. The van der Waals surface area contributed by atoms with Crippen LogP contribution < -0.4 is 5.32 Å². The molecule has 0 bridgehead atoms. The van der Waals surface area contributed by atoms with Gasteiger partial charge in [-0.25, -0.2) is 9.59 Å². The highest BCUT2D eigenvalue weighted by molar-refractivity contribution is 7.25. The van der Waals surface area contributed by atoms with Crippen molar-refractivity contribution >= 4 is 43.7 Å². The quantitative estimate of drug-likeness (QED) is 0.514. The van der Waals surface area contributed by atoms with Crippen LogP contribution in [0.15, 0.2) is 42.5 Å². The minimum atomic E-state index is -0.733. The molecule has 6 nitrogen and oxygen atoms in total. The number of fused-ring (bicyclic) bond motifs is 3. The highest BCUT2D eigenvalue weighted by atomic mass is 32.1. The van der Waals surface area contributed by atoms with Crippen LogP contribution in [-0.4, -0.2) is 41.4 Å². The Bertz CT molecular complexity index is 1180. The van der Waals surface area contributed by atoms with Crippen LogP contribution in [0.3, 0.4) is 0 Å². The number of alkyl carbamates (subject to hydrolysis) is 1. The average molecular weight is 455 g/mol. The maximum Gasteiger partial charge on any atom is 0.410 e. The highest BCUT2D eigenvalue weighted by Gasteiger charge is 2.49. The fourth-order valence-electron chi connectivity index (χ4n) is 3.92. The first-order valence-electron chi connectivity index (χ1n) is 10.8. The summed E-state index contributed by atoms with van der Waals surface area (Å²) in [6.07, 6.45) is -0.889. The fraction of sp³-hybridized carbons (Fsp3) is 0.440. The SMILES string of the molecule is CC(C)(C)OC(=O)NC1(c2ccc3c(c2)sc2ccccc23)CN(C(=O)OC(C)(C)C)C1. The monoisotopic (exact) mass is 454 g/mol. The van der Waals surface area contributed by atoms with Crippen LogP contribution in [0.4, 0.5) is 9.59 Å². The molecule has 2 heterocycles. The van der Waals surface area contributed by atoms with Gasteiger partial charge in [0.15, 0.2) is 0 Å². The van der Waals surface area contributed by atoms with E-state index in [9.17, 15) is 9.59 Å². The molecular weight excluding hydrogens is 424 g/mol. The Morgan fingerprint density at radius 2 is 1.53 bits per heavy atom. The van der Waals surface area contributed by atoms with Crippen LogP contribution in [0.25, 0.3) is 20.2 Å². The number of hydrogen-bond acceptors (Lipinski definition) is 5. The molecule has 32 heavy (non-hydrogen) atoms. The van der Waals surface area contributed by atoms with Gasteiger partial charge in [0.25, 0.3) is 0 Å². The van der Waals surface area contributed by atoms with Crippen molar-refractivity contribution in [1.82, 2.24) is 10.2 Å². The van der Waals surface area contributed by atoms with E-state index in [0.29, 0.717) is 13.1 Å². The van der Waals surface area contributed by atoms with Gasteiger partial charge in [0.1, 0.15) is 16.7 Å². The van der Waals surface area contributed by atoms with Crippen LogP contribution in [0.1, 0.15) is 47.1 Å². The zero-order valence-electron chi connectivity index (χ0n) is 19.4. The standard InChI is InChI=1S/C25H30N2O4S/c1-23(2,3)30-21(28)26-25(14-27(15-25)22(29)31-24(4,5)6)16-11-12-18-17-9-7-8-10-19(17)32-20(18)13-16/h7-13H,14-15H2,1-6H3,(H,26,28). The smallest absolute Gasteiger partial charge is 0.410 e. The molecule has 2 aromatic carbocycles. The van der Waals surface area contributed by atoms with Gasteiger partial charge in [-0.3, -0.25) is 0 Å². The second kappa shape index (κ2) is 7.66. The predicted molar refractivity (Wildman–Crippen MR) is 128 cm³/mol. The number of hydrogen-bond donors (Lipinski definition) is 1. The first kappa shape index (κ1) is 22.4. The molecule has 1 saturated heterocycles. The Labute approximate surface area is 192 Å². The minimum Gasteiger partial charge on any atom is -0.444 e. The van der Waals surface area contributed by atoms with Crippen molar-refractivity contribution in [1.29, 1.82) is 0 Å². The van der Waals surface area contributed by atoms with Crippen molar-refractivity contribution < 1.29 is 19.1 Å². The number of carbonyl (C=O) groups is 2. The normalized spacial score (nSPS) is 16.0. The number of benzene rings is 2. The molecule has 1 fully saturated rings. The maximum atomic E-state index is 12.7. The molecule has 0 spiro atoms. The second-order valence-electron chi connectivity index (χ2n) is 10.4. The van der Waals surface area contributed by atoms with Crippen molar-refractivity contribution in [3.63, 3.8) is 0 Å². The molecule has 4 rings (SSSR count). The second-order valence-corrected chi connectivity index (χ2v) is 11.4. The summed E-state index contributed by atoms with van der Waals surface area (Å²) in [7, 11) is 0. The molecule has 3 aromatic rings. The fourth-order valence-corrected chi connectivity index (χ4v) is 5.06. The van der Waals surface area contributed by atoms with E-state index in [2.05, 4.69) is 29.6 Å². The Morgan fingerprint density at radius 1 is 0.906 bits per heavy atom. The first-order valence-corrected chi connectivity index (χ1v) is 11.6. The highest BCUT2D eigenvalue weighted by Crippen LogP contribution is 2.39. The number of carbonyl (C=O) groups excluding carboxylic acids is 2. The summed E-state index contributed by atoms with van der Waals surface area (Å²) in [5, 5.41) is 5.45. The zero-order valence-corrected chi connectivity index (χ0v) is 20.3. The zero-order chi connectivity index (χ0) is 23.3. The summed E-state index contributed by atoms with van der Waals surface area (Å²) >= 11 is 1.72. The number of thiophene rings is 1. The molecule has 7 heteroatoms. The van der Waals surface area contributed by atoms with E-state index < -0.39 is 22.8 Å². The summed E-state index contributed by atoms with van der Waals surface area (Å²) in [5.74, 6) is 0. The van der Waals surface area contributed by atoms with E-state index in [1.807, 2.05) is 59.7 Å². The van der Waals surface area contributed by atoms with Crippen LogP contribution in [0.2, 0.25) is 0 Å². The Kier molecular flexibility index (Phi) is 5.36. The van der Waals surface area contributed by atoms with Crippen LogP contribution in [-0.2, 0) is 15.0 Å². The van der Waals surface area contributed by atoms with E-state index in [1.165, 1.54) is 15.5 Å². The van der Waals surface area contributed by atoms with Crippen molar-refractivity contribution in [2.45, 2.75) is 58.3 Å². The van der Waals surface area contributed by atoms with Gasteiger partial charge >= 0.3 is 12.2 Å². The molecule has 1 N–H and O–H groups in total. The van der Waals surface area contributed by atoms with Gasteiger partial charge in [0.05, 0.1) is 13.1 Å². The predicted octanol–water partition coefficient (Wildman–Crippen LogP) is 6.03. The average Bonchev–Trinajstić information content (AvgIpc) is 2.99. The third-order valence-corrected chi connectivity index (χ3v) is 6.38. The van der Waals surface area contributed by atoms with Gasteiger partial charge in [-0.15, -0.1) is 11.3 Å². The number of rotatable bonds is 2. The Balaban J connectivity index is 1.66. The number of nitrogens with one attached hydrogen (secondary N) is 1. The van der Waals surface area contributed by atoms with E-state index in [1.54, 1.807) is 16.2 Å². The molecule has 0 saturated carbocycles. The Hall–Kier alpha value is -2.80. The van der Waals surface area contributed by atoms with Crippen molar-refractivity contribution in [2.75, 3.05) is 13.1 Å². The van der Waals surface area contributed by atoms with E-state index in [4.69, 9.17) is 9.47 Å². The van der Waals surface area contributed by atoms with Gasteiger partial charge < -0.3 is 19.7 Å². The molecule has 1 aromatic heterocycles. The van der Waals surface area contributed by atoms with Gasteiger partial charge in [0.2, 0.25) is 0 Å². The lowest BCUT2D eigenvalue weighted by Crippen LogP contribution is -2.69. The van der Waals surface area contributed by atoms with E-state index >= 15 is 0 Å². The maximum absolute atomic E-state index is 12.7. The molecular formula is C25H30N2O4S. The van der Waals surface area contributed by atoms with Gasteiger partial charge in [0, 0.05) is 20.2 Å². The lowest BCUT2D eigenvalue weighted by molar-refractivity contribution is -0.0229. The Morgan fingerprint density at radius 3 is 2.19 bits per heavy atom. The van der Waals surface area contributed by atoms with Gasteiger partial charge in [-0.2, -0.15) is 0 Å². The number of amides is 2. The molecule has 170 valence electrons. The molecule has 0 aliphatic carbocycles. The van der Waals surface area contributed by atoms with E-state index in [-0.39, 0.29) is 6.09 Å². The lowest BCUT2D eigenvalue weighted by atomic mass is 9.82. The molecule has 1 aliphatic rings. The molecule has 0 atom stereocenters. The van der Waals surface area contributed by atoms with E-state index in [0.717, 1.165) is 10.3 Å². The third kappa shape index (κ3) is 4.53. The number of nitrogens with zero attached hydrogens (tertiary/aromatic N) is 1. The summed E-state index contributed by atoms with van der Waals surface area (Å²) in [5.41, 5.74) is -0.981. The summed E-state index contributed by atoms with van der Waals surface area (Å²) < 4.78 is 13.4. The minimum absolute atomic E-state index is 0.317. The van der Waals surface area contributed by atoms with Gasteiger partial charge in [-0.05, 0) is 59.2 Å². The number of likely N-dealkylation sites (tertiary alicyclic amines) is 1.